The topological polar surface area (TPSA) is 74.3 Å². The van der Waals surface area contributed by atoms with Gasteiger partial charge in [-0.3, -0.25) is 4.79 Å². The second kappa shape index (κ2) is 12.0. The first-order valence-corrected chi connectivity index (χ1v) is 15.1. The number of para-hydroxylation sites is 1. The van der Waals surface area contributed by atoms with Crippen LogP contribution in [0.15, 0.2) is 94.7 Å². The molecule has 0 spiro atoms. The SMILES string of the molecule is CCOc1ccc(/C=C/c2nc3s/c(=C\c4cn(-c5ccccc5)nc4-c4ccc(SCC)cc4)c(=O)n3n2)cc1. The predicted octanol–water partition coefficient (Wildman–Crippen LogP) is 6.23. The Morgan fingerprint density at radius 1 is 0.927 bits per heavy atom. The van der Waals surface area contributed by atoms with Crippen LogP contribution in [0, 0.1) is 0 Å². The second-order valence-corrected chi connectivity index (χ2v) is 11.4. The van der Waals surface area contributed by atoms with Crippen molar-refractivity contribution in [1.82, 2.24) is 24.4 Å². The molecule has 0 bridgehead atoms. The number of benzene rings is 3. The third-order valence-electron chi connectivity index (χ3n) is 6.30. The van der Waals surface area contributed by atoms with E-state index in [-0.39, 0.29) is 5.56 Å². The lowest BCUT2D eigenvalue weighted by Gasteiger charge is -2.02. The molecule has 6 rings (SSSR count). The van der Waals surface area contributed by atoms with Gasteiger partial charge >= 0.3 is 0 Å². The van der Waals surface area contributed by atoms with E-state index in [1.807, 2.05) is 84.6 Å². The standard InChI is InChI=1S/C32H27N5O2S2/c1-3-39-26-15-10-22(11-16-26)12-19-29-33-32-37(34-29)31(38)28(41-32)20-24-21-36(25-8-6-5-7-9-25)35-30(24)23-13-17-27(18-14-23)40-4-2/h5-21H,3-4H2,1-2H3/b19-12+,28-20-. The number of thiazole rings is 1. The van der Waals surface area contributed by atoms with Crippen LogP contribution in [0.1, 0.15) is 30.8 Å². The molecule has 7 nitrogen and oxygen atoms in total. The summed E-state index contributed by atoms with van der Waals surface area (Å²) in [7, 11) is 0. The Hall–Kier alpha value is -4.47. The first kappa shape index (κ1) is 26.7. The van der Waals surface area contributed by atoms with Crippen molar-refractivity contribution in [3.8, 4) is 22.7 Å². The molecule has 0 N–H and O–H groups in total. The largest absolute Gasteiger partial charge is 0.494 e. The minimum absolute atomic E-state index is 0.202. The number of fused-ring (bicyclic) bond motifs is 1. The molecule has 0 aliphatic carbocycles. The molecular formula is C32H27N5O2S2. The van der Waals surface area contributed by atoms with Gasteiger partial charge in [0.2, 0.25) is 4.96 Å². The zero-order chi connectivity index (χ0) is 28.2. The lowest BCUT2D eigenvalue weighted by Crippen LogP contribution is -2.23. The molecule has 0 saturated heterocycles. The minimum atomic E-state index is -0.202. The fourth-order valence-corrected chi connectivity index (χ4v) is 5.95. The molecule has 0 atom stereocenters. The molecule has 0 amide bonds. The average molecular weight is 578 g/mol. The number of hydrogen-bond acceptors (Lipinski definition) is 7. The van der Waals surface area contributed by atoms with Crippen LogP contribution in [0.5, 0.6) is 5.75 Å². The van der Waals surface area contributed by atoms with Crippen molar-refractivity contribution in [2.45, 2.75) is 18.7 Å². The summed E-state index contributed by atoms with van der Waals surface area (Å²) in [4.78, 5) is 19.7. The van der Waals surface area contributed by atoms with Gasteiger partial charge in [-0.15, -0.1) is 16.9 Å². The normalized spacial score (nSPS) is 12.1. The highest BCUT2D eigenvalue weighted by Gasteiger charge is 2.14. The van der Waals surface area contributed by atoms with E-state index in [9.17, 15) is 4.79 Å². The number of aromatic nitrogens is 5. The van der Waals surface area contributed by atoms with Crippen molar-refractivity contribution in [1.29, 1.82) is 0 Å². The van der Waals surface area contributed by atoms with Gasteiger partial charge in [0, 0.05) is 22.2 Å². The van der Waals surface area contributed by atoms with Crippen molar-refractivity contribution >= 4 is 46.3 Å². The van der Waals surface area contributed by atoms with Gasteiger partial charge in [0.15, 0.2) is 5.82 Å². The average Bonchev–Trinajstić information content (AvgIpc) is 3.69. The van der Waals surface area contributed by atoms with E-state index in [4.69, 9.17) is 9.84 Å². The van der Waals surface area contributed by atoms with Gasteiger partial charge in [0.05, 0.1) is 22.5 Å². The van der Waals surface area contributed by atoms with Crippen LogP contribution in [0.25, 0.3) is 40.1 Å². The summed E-state index contributed by atoms with van der Waals surface area (Å²) < 4.78 is 9.26. The van der Waals surface area contributed by atoms with Crippen LogP contribution in [-0.2, 0) is 0 Å². The van der Waals surface area contributed by atoms with Crippen molar-refractivity contribution in [3.63, 3.8) is 0 Å². The van der Waals surface area contributed by atoms with Crippen LogP contribution in [0.2, 0.25) is 0 Å². The van der Waals surface area contributed by atoms with Gasteiger partial charge in [0.1, 0.15) is 5.75 Å². The number of rotatable bonds is 9. The zero-order valence-electron chi connectivity index (χ0n) is 22.6. The summed E-state index contributed by atoms with van der Waals surface area (Å²) in [6, 6.07) is 26.1. The Kier molecular flexibility index (Phi) is 7.80. The zero-order valence-corrected chi connectivity index (χ0v) is 24.2. The molecule has 0 aliphatic rings. The van der Waals surface area contributed by atoms with Crippen LogP contribution >= 0.6 is 23.1 Å². The van der Waals surface area contributed by atoms with Gasteiger partial charge in [-0.1, -0.05) is 66.8 Å². The molecule has 0 radical (unpaired) electrons. The van der Waals surface area contributed by atoms with Crippen LogP contribution in [0.4, 0.5) is 0 Å². The monoisotopic (exact) mass is 577 g/mol. The fourth-order valence-electron chi connectivity index (χ4n) is 4.38. The number of nitrogens with zero attached hydrogens (tertiary/aromatic N) is 5. The fraction of sp³-hybridized carbons (Fsp3) is 0.125. The Bertz CT molecular complexity index is 1920. The number of ether oxygens (including phenoxy) is 1. The van der Waals surface area contributed by atoms with Crippen LogP contribution < -0.4 is 14.8 Å². The van der Waals surface area contributed by atoms with Crippen LogP contribution in [0.3, 0.4) is 0 Å². The molecule has 0 aliphatic heterocycles. The van der Waals surface area contributed by atoms with Crippen molar-refractivity contribution < 1.29 is 4.74 Å². The summed E-state index contributed by atoms with van der Waals surface area (Å²) in [6.07, 6.45) is 7.57. The summed E-state index contributed by atoms with van der Waals surface area (Å²) in [5.41, 5.74) is 4.38. The van der Waals surface area contributed by atoms with E-state index >= 15 is 0 Å². The summed E-state index contributed by atoms with van der Waals surface area (Å²) >= 11 is 3.12. The van der Waals surface area contributed by atoms with E-state index in [0.29, 0.717) is 21.9 Å². The Labute approximate surface area is 245 Å². The maximum Gasteiger partial charge on any atom is 0.291 e. The first-order chi connectivity index (χ1) is 20.1. The van der Waals surface area contributed by atoms with Gasteiger partial charge in [-0.05, 0) is 66.8 Å². The Balaban J connectivity index is 1.34. The highest BCUT2D eigenvalue weighted by Crippen LogP contribution is 2.27. The molecule has 0 unspecified atom stereocenters. The van der Waals surface area contributed by atoms with Crippen LogP contribution in [-0.4, -0.2) is 36.7 Å². The summed E-state index contributed by atoms with van der Waals surface area (Å²) in [6.45, 7) is 4.73. The highest BCUT2D eigenvalue weighted by molar-refractivity contribution is 7.99. The molecule has 0 saturated carbocycles. The van der Waals surface area contributed by atoms with Crippen molar-refractivity contribution in [2.24, 2.45) is 0 Å². The molecule has 204 valence electrons. The predicted molar refractivity (Wildman–Crippen MR) is 168 cm³/mol. The lowest BCUT2D eigenvalue weighted by atomic mass is 10.1. The quantitative estimate of drug-likeness (QED) is 0.190. The second-order valence-electron chi connectivity index (χ2n) is 9.09. The molecule has 0 fully saturated rings. The van der Waals surface area contributed by atoms with Crippen molar-refractivity contribution in [2.75, 3.05) is 12.4 Å². The molecular weight excluding hydrogens is 551 g/mol. The van der Waals surface area contributed by atoms with Gasteiger partial charge in [-0.2, -0.15) is 14.6 Å². The minimum Gasteiger partial charge on any atom is -0.494 e. The van der Waals surface area contributed by atoms with E-state index in [2.05, 4.69) is 41.3 Å². The smallest absolute Gasteiger partial charge is 0.291 e. The molecule has 3 aromatic heterocycles. The molecule has 3 aromatic carbocycles. The first-order valence-electron chi connectivity index (χ1n) is 13.3. The summed E-state index contributed by atoms with van der Waals surface area (Å²) in [5.74, 6) is 2.33. The molecule has 6 aromatic rings. The maximum absolute atomic E-state index is 13.3. The number of thioether (sulfide) groups is 1. The van der Waals surface area contributed by atoms with Gasteiger partial charge in [-0.25, -0.2) is 4.68 Å². The van der Waals surface area contributed by atoms with Gasteiger partial charge < -0.3 is 4.74 Å². The third kappa shape index (κ3) is 5.86. The van der Waals surface area contributed by atoms with Gasteiger partial charge in [0.25, 0.3) is 5.56 Å². The molecule has 3 heterocycles. The Morgan fingerprint density at radius 3 is 2.41 bits per heavy atom. The summed E-state index contributed by atoms with van der Waals surface area (Å²) in [5, 5.41) is 9.35. The molecule has 9 heteroatoms. The van der Waals surface area contributed by atoms with E-state index in [0.717, 1.165) is 39.6 Å². The van der Waals surface area contributed by atoms with Crippen molar-refractivity contribution in [3.05, 3.63) is 117 Å². The van der Waals surface area contributed by atoms with E-state index in [1.165, 1.54) is 20.7 Å². The van der Waals surface area contributed by atoms with E-state index < -0.39 is 0 Å². The number of hydrogen-bond donors (Lipinski definition) is 0. The maximum atomic E-state index is 13.3. The third-order valence-corrected chi connectivity index (χ3v) is 8.16. The lowest BCUT2D eigenvalue weighted by molar-refractivity contribution is 0.340. The Morgan fingerprint density at radius 2 is 1.71 bits per heavy atom. The molecule has 41 heavy (non-hydrogen) atoms. The van der Waals surface area contributed by atoms with E-state index in [1.54, 1.807) is 17.8 Å². The highest BCUT2D eigenvalue weighted by atomic mass is 32.2.